The summed E-state index contributed by atoms with van der Waals surface area (Å²) in [5.41, 5.74) is 4.53. The lowest BCUT2D eigenvalue weighted by atomic mass is 10.4. The van der Waals surface area contributed by atoms with Crippen LogP contribution in [0.15, 0.2) is 71.9 Å². The molecule has 15 heteroatoms. The highest BCUT2D eigenvalue weighted by atomic mass is 32.2. The van der Waals surface area contributed by atoms with Crippen molar-refractivity contribution in [2.75, 3.05) is 10.5 Å². The summed E-state index contributed by atoms with van der Waals surface area (Å²) in [5, 5.41) is 22.6. The molecule has 2 aromatic heterocycles. The van der Waals surface area contributed by atoms with E-state index in [2.05, 4.69) is 25.8 Å². The second-order valence-electron chi connectivity index (χ2n) is 5.77. The number of hydrogen-bond donors (Lipinski definition) is 3. The van der Waals surface area contributed by atoms with E-state index in [1.165, 1.54) is 30.3 Å². The molecular formula is C16H14N8O6S. The van der Waals surface area contributed by atoms with Gasteiger partial charge in [-0.25, -0.2) is 18.4 Å². The summed E-state index contributed by atoms with van der Waals surface area (Å²) < 4.78 is 24.9. The Bertz CT molecular complexity index is 1170. The number of rotatable bonds is 9. The molecule has 160 valence electrons. The van der Waals surface area contributed by atoms with Crippen LogP contribution in [0.4, 0.5) is 23.0 Å². The Balaban J connectivity index is 1.84. The first-order chi connectivity index (χ1) is 14.8. The molecule has 0 aliphatic heterocycles. The average molecular weight is 446 g/mol. The monoisotopic (exact) mass is 446 g/mol. The van der Waals surface area contributed by atoms with Crippen LogP contribution in [-0.2, 0) is 10.0 Å². The van der Waals surface area contributed by atoms with E-state index in [1.54, 1.807) is 18.2 Å². The molecule has 0 fully saturated rings. The minimum absolute atomic E-state index is 0.0208. The van der Waals surface area contributed by atoms with Crippen molar-refractivity contribution >= 4 is 33.0 Å². The second kappa shape index (κ2) is 9.08. The van der Waals surface area contributed by atoms with Gasteiger partial charge in [-0.05, 0) is 24.3 Å². The lowest BCUT2D eigenvalue weighted by molar-refractivity contribution is -0.385. The molecule has 0 spiro atoms. The van der Waals surface area contributed by atoms with Crippen LogP contribution in [-0.4, -0.2) is 28.2 Å². The summed E-state index contributed by atoms with van der Waals surface area (Å²) in [4.78, 5) is 30.2. The van der Waals surface area contributed by atoms with Gasteiger partial charge in [-0.1, -0.05) is 18.2 Å². The third-order valence-electron chi connectivity index (χ3n) is 3.70. The van der Waals surface area contributed by atoms with Gasteiger partial charge in [0.25, 0.3) is 21.4 Å². The van der Waals surface area contributed by atoms with Gasteiger partial charge in [-0.2, -0.15) is 5.12 Å². The maximum atomic E-state index is 12.5. The maximum absolute atomic E-state index is 12.5. The fourth-order valence-electron chi connectivity index (χ4n) is 2.20. The molecule has 0 bridgehead atoms. The fraction of sp³-hybridized carbons (Fsp3) is 0. The average Bonchev–Trinajstić information content (AvgIpc) is 2.77. The van der Waals surface area contributed by atoms with Gasteiger partial charge in [0.2, 0.25) is 0 Å². The predicted molar refractivity (Wildman–Crippen MR) is 108 cm³/mol. The van der Waals surface area contributed by atoms with Crippen LogP contribution in [0.3, 0.4) is 0 Å². The number of pyridine rings is 2. The standard InChI is InChI=1S/C16H14N8O6S/c25-23(26)12-6-8-15(17-10-12)19-22(16-9-7-13(11-18-16)24(27)28)20-21-31(29,30)14-4-2-1-3-5-14/h1-11,20-21H,(H,17,19). The van der Waals surface area contributed by atoms with Crippen LogP contribution < -0.4 is 20.9 Å². The zero-order valence-electron chi connectivity index (χ0n) is 15.4. The summed E-state index contributed by atoms with van der Waals surface area (Å²) >= 11 is 0. The minimum Gasteiger partial charge on any atom is -0.264 e. The smallest absolute Gasteiger partial charge is 0.264 e. The molecule has 3 aromatic rings. The molecule has 3 N–H and O–H groups in total. The number of hydrazine groups is 3. The Morgan fingerprint density at radius 2 is 1.45 bits per heavy atom. The number of anilines is 2. The predicted octanol–water partition coefficient (Wildman–Crippen LogP) is 1.52. The van der Waals surface area contributed by atoms with Crippen molar-refractivity contribution in [2.45, 2.75) is 4.90 Å². The summed E-state index contributed by atoms with van der Waals surface area (Å²) in [6, 6.07) is 12.4. The maximum Gasteiger partial charge on any atom is 0.287 e. The topological polar surface area (TPSA) is 186 Å². The normalized spacial score (nSPS) is 11.0. The van der Waals surface area contributed by atoms with Gasteiger partial charge < -0.3 is 0 Å². The van der Waals surface area contributed by atoms with Crippen LogP contribution in [0.1, 0.15) is 0 Å². The van der Waals surface area contributed by atoms with E-state index in [0.717, 1.165) is 23.6 Å². The van der Waals surface area contributed by atoms with E-state index in [4.69, 9.17) is 0 Å². The first-order valence-corrected chi connectivity index (χ1v) is 9.85. The Morgan fingerprint density at radius 1 is 0.839 bits per heavy atom. The molecule has 31 heavy (non-hydrogen) atoms. The Morgan fingerprint density at radius 3 is 1.97 bits per heavy atom. The summed E-state index contributed by atoms with van der Waals surface area (Å²) in [5.74, 6) is 0.124. The molecule has 0 atom stereocenters. The largest absolute Gasteiger partial charge is 0.287 e. The first kappa shape index (κ1) is 21.5. The number of nitrogens with zero attached hydrogens (tertiary/aromatic N) is 5. The van der Waals surface area contributed by atoms with Crippen molar-refractivity contribution in [3.05, 3.63) is 87.2 Å². The Kier molecular flexibility index (Phi) is 6.29. The highest BCUT2D eigenvalue weighted by Gasteiger charge is 2.18. The van der Waals surface area contributed by atoms with E-state index < -0.39 is 19.9 Å². The van der Waals surface area contributed by atoms with Crippen molar-refractivity contribution in [3.8, 4) is 0 Å². The summed E-state index contributed by atoms with van der Waals surface area (Å²) in [6.07, 6.45) is 1.97. The number of nitro groups is 2. The molecule has 0 saturated carbocycles. The van der Waals surface area contributed by atoms with E-state index in [1.807, 2.05) is 0 Å². The van der Waals surface area contributed by atoms with Crippen LogP contribution in [0, 0.1) is 20.2 Å². The number of hydrogen-bond acceptors (Lipinski definition) is 11. The zero-order valence-corrected chi connectivity index (χ0v) is 16.3. The molecule has 0 aliphatic rings. The molecule has 2 heterocycles. The van der Waals surface area contributed by atoms with Gasteiger partial charge >= 0.3 is 0 Å². The molecule has 14 nitrogen and oxygen atoms in total. The van der Waals surface area contributed by atoms with Crippen molar-refractivity contribution < 1.29 is 18.3 Å². The van der Waals surface area contributed by atoms with Gasteiger partial charge in [0.05, 0.1) is 14.7 Å². The molecule has 0 aliphatic carbocycles. The first-order valence-electron chi connectivity index (χ1n) is 8.36. The molecule has 0 unspecified atom stereocenters. The van der Waals surface area contributed by atoms with Gasteiger partial charge in [-0.3, -0.25) is 25.7 Å². The number of aromatic nitrogens is 2. The van der Waals surface area contributed by atoms with Crippen molar-refractivity contribution in [2.24, 2.45) is 0 Å². The molecule has 1 aromatic carbocycles. The molecule has 0 amide bonds. The van der Waals surface area contributed by atoms with Crippen LogP contribution in [0.2, 0.25) is 0 Å². The van der Waals surface area contributed by atoms with Crippen molar-refractivity contribution in [1.82, 2.24) is 20.3 Å². The number of nitrogens with one attached hydrogen (secondary N) is 3. The third-order valence-corrected chi connectivity index (χ3v) is 4.96. The number of benzene rings is 1. The summed E-state index contributed by atoms with van der Waals surface area (Å²) in [6.45, 7) is 0. The molecule has 0 radical (unpaired) electrons. The van der Waals surface area contributed by atoms with Crippen LogP contribution >= 0.6 is 0 Å². The van der Waals surface area contributed by atoms with E-state index >= 15 is 0 Å². The highest BCUT2D eigenvalue weighted by molar-refractivity contribution is 7.89. The molecule has 0 saturated heterocycles. The Hall–Kier alpha value is -4.21. The lowest BCUT2D eigenvalue weighted by Crippen LogP contribution is -2.52. The van der Waals surface area contributed by atoms with Gasteiger partial charge in [-0.15, -0.1) is 10.4 Å². The van der Waals surface area contributed by atoms with Gasteiger partial charge in [0.15, 0.2) is 5.82 Å². The Labute approximate surface area is 174 Å². The third kappa shape index (κ3) is 5.44. The van der Waals surface area contributed by atoms with Gasteiger partial charge in [0, 0.05) is 12.1 Å². The van der Waals surface area contributed by atoms with Crippen molar-refractivity contribution in [1.29, 1.82) is 0 Å². The molecule has 3 rings (SSSR count). The summed E-state index contributed by atoms with van der Waals surface area (Å²) in [7, 11) is -3.98. The van der Waals surface area contributed by atoms with Gasteiger partial charge in [0.1, 0.15) is 18.2 Å². The highest BCUT2D eigenvalue weighted by Crippen LogP contribution is 2.17. The lowest BCUT2D eigenvalue weighted by Gasteiger charge is -2.25. The van der Waals surface area contributed by atoms with E-state index in [0.29, 0.717) is 0 Å². The second-order valence-corrected chi connectivity index (χ2v) is 7.45. The van der Waals surface area contributed by atoms with E-state index in [-0.39, 0.29) is 27.9 Å². The molecular weight excluding hydrogens is 432 g/mol. The van der Waals surface area contributed by atoms with Crippen LogP contribution in [0.25, 0.3) is 0 Å². The van der Waals surface area contributed by atoms with Crippen LogP contribution in [0.5, 0.6) is 0 Å². The number of sulfonamides is 1. The SMILES string of the molecule is O=[N+]([O-])c1ccc(NN(NNS(=O)(=O)c2ccccc2)c2ccc([N+](=O)[O-])cn2)nc1. The van der Waals surface area contributed by atoms with Crippen molar-refractivity contribution in [3.63, 3.8) is 0 Å². The van der Waals surface area contributed by atoms with E-state index in [9.17, 15) is 28.6 Å². The fourth-order valence-corrected chi connectivity index (χ4v) is 3.04. The zero-order chi connectivity index (χ0) is 22.4. The minimum atomic E-state index is -3.98. The quantitative estimate of drug-likeness (QED) is 0.319.